The van der Waals surface area contributed by atoms with Crippen LogP contribution >= 0.6 is 0 Å². The van der Waals surface area contributed by atoms with Gasteiger partial charge in [0.25, 0.3) is 0 Å². The van der Waals surface area contributed by atoms with Gasteiger partial charge in [-0.15, -0.1) is 0 Å². The number of aliphatic hydroxyl groups excluding tert-OH is 1. The van der Waals surface area contributed by atoms with Crippen LogP contribution in [0, 0.1) is 5.92 Å². The summed E-state index contributed by atoms with van der Waals surface area (Å²) in [6, 6.07) is 0. The highest BCUT2D eigenvalue weighted by atomic mass is 16.7. The molecule has 2 fully saturated rings. The maximum atomic E-state index is 12.8. The van der Waals surface area contributed by atoms with Gasteiger partial charge in [0.2, 0.25) is 11.4 Å². The minimum Gasteiger partial charge on any atom is -0.507 e. The van der Waals surface area contributed by atoms with Gasteiger partial charge >= 0.3 is 0 Å². The van der Waals surface area contributed by atoms with Crippen LogP contribution in [0.4, 0.5) is 0 Å². The van der Waals surface area contributed by atoms with Gasteiger partial charge in [-0.25, -0.2) is 0 Å². The van der Waals surface area contributed by atoms with Crippen molar-refractivity contribution >= 4 is 11.6 Å². The fourth-order valence-electron chi connectivity index (χ4n) is 3.18. The summed E-state index contributed by atoms with van der Waals surface area (Å²) in [6.45, 7) is 8.89. The van der Waals surface area contributed by atoms with Gasteiger partial charge in [0.15, 0.2) is 5.78 Å². The van der Waals surface area contributed by atoms with E-state index in [-0.39, 0.29) is 29.1 Å². The first-order valence-electron chi connectivity index (χ1n) is 7.22. The smallest absolute Gasteiger partial charge is 0.215 e. The molecule has 0 aromatic rings. The average Bonchev–Trinajstić information content (AvgIpc) is 3.08. The number of hydrogen-bond donors (Lipinski definition) is 1. The van der Waals surface area contributed by atoms with E-state index in [0.717, 1.165) is 0 Å². The first-order chi connectivity index (χ1) is 9.62. The average molecular weight is 292 g/mol. The highest BCUT2D eigenvalue weighted by molar-refractivity contribution is 6.26. The Labute approximate surface area is 123 Å². The first-order valence-corrected chi connectivity index (χ1v) is 7.22. The predicted molar refractivity (Wildman–Crippen MR) is 74.6 cm³/mol. The summed E-state index contributed by atoms with van der Waals surface area (Å²) in [5.74, 6) is -1.09. The molecule has 1 aliphatic carbocycles. The number of Topliss-reactive ketones (excluding diaryl/α,β-unsaturated/α-hetero) is 2. The monoisotopic (exact) mass is 292 g/mol. The third-order valence-corrected chi connectivity index (χ3v) is 4.38. The Bertz CT molecular complexity index is 623. The molecule has 1 spiro atoms. The van der Waals surface area contributed by atoms with Gasteiger partial charge in [-0.05, 0) is 20.8 Å². The zero-order valence-electron chi connectivity index (χ0n) is 12.9. The molecule has 2 heterocycles. The number of rotatable bonds is 2. The van der Waals surface area contributed by atoms with Crippen molar-refractivity contribution in [3.8, 4) is 0 Å². The molecule has 3 aliphatic rings. The van der Waals surface area contributed by atoms with Crippen molar-refractivity contribution in [3.63, 3.8) is 0 Å². The van der Waals surface area contributed by atoms with Crippen LogP contribution in [0.1, 0.15) is 41.0 Å². The minimum atomic E-state index is -1.17. The highest BCUT2D eigenvalue weighted by Crippen LogP contribution is 2.58. The molecular formula is C16H20O5. The van der Waals surface area contributed by atoms with E-state index < -0.39 is 17.0 Å². The largest absolute Gasteiger partial charge is 0.507 e. The van der Waals surface area contributed by atoms with Gasteiger partial charge in [-0.1, -0.05) is 13.8 Å². The molecule has 114 valence electrons. The molecule has 2 atom stereocenters. The molecule has 2 aliphatic heterocycles. The van der Waals surface area contributed by atoms with Gasteiger partial charge in [-0.2, -0.15) is 0 Å². The van der Waals surface area contributed by atoms with E-state index in [9.17, 15) is 14.7 Å². The molecule has 5 heteroatoms. The van der Waals surface area contributed by atoms with E-state index >= 15 is 0 Å². The van der Waals surface area contributed by atoms with Gasteiger partial charge in [0.1, 0.15) is 28.8 Å². The number of ether oxygens (including phenoxy) is 2. The van der Waals surface area contributed by atoms with Crippen molar-refractivity contribution < 1.29 is 24.2 Å². The Morgan fingerprint density at radius 1 is 1.38 bits per heavy atom. The quantitative estimate of drug-likeness (QED) is 0.624. The minimum absolute atomic E-state index is 0.142. The lowest BCUT2D eigenvalue weighted by Crippen LogP contribution is -2.47. The number of aliphatic hydroxyl groups is 1. The predicted octanol–water partition coefficient (Wildman–Crippen LogP) is 2.22. The molecule has 0 saturated carbocycles. The third-order valence-electron chi connectivity index (χ3n) is 4.38. The number of allylic oxidation sites excluding steroid dienone is 1. The lowest BCUT2D eigenvalue weighted by atomic mass is 9.76. The van der Waals surface area contributed by atoms with Gasteiger partial charge in [0, 0.05) is 17.9 Å². The maximum Gasteiger partial charge on any atom is 0.215 e. The fraction of sp³-hybridized carbons (Fsp3) is 0.625. The second kappa shape index (κ2) is 3.97. The lowest BCUT2D eigenvalue weighted by Gasteiger charge is -2.37. The Balaban J connectivity index is 2.16. The van der Waals surface area contributed by atoms with E-state index in [1.165, 1.54) is 0 Å². The van der Waals surface area contributed by atoms with Crippen molar-refractivity contribution in [2.45, 2.75) is 58.3 Å². The molecule has 0 aromatic heterocycles. The van der Waals surface area contributed by atoms with Crippen LogP contribution in [0.5, 0.6) is 0 Å². The van der Waals surface area contributed by atoms with Gasteiger partial charge in [-0.3, -0.25) is 9.59 Å². The van der Waals surface area contributed by atoms with Gasteiger partial charge in [0.05, 0.1) is 0 Å². The Hall–Kier alpha value is -1.62. The van der Waals surface area contributed by atoms with E-state index in [0.29, 0.717) is 17.8 Å². The van der Waals surface area contributed by atoms with Crippen LogP contribution in [0.2, 0.25) is 0 Å². The van der Waals surface area contributed by atoms with Crippen LogP contribution in [0.15, 0.2) is 22.7 Å². The van der Waals surface area contributed by atoms with E-state index in [4.69, 9.17) is 9.47 Å². The molecule has 0 amide bonds. The SMILES string of the molecule is CC1=C2OC(C)(C)CC3OC23C(=O)C(C(=O)C(C)C)=C1O. The van der Waals surface area contributed by atoms with Crippen LogP contribution in [-0.2, 0) is 19.1 Å². The van der Waals surface area contributed by atoms with E-state index in [1.807, 2.05) is 13.8 Å². The zero-order chi connectivity index (χ0) is 15.7. The second-order valence-electron chi connectivity index (χ2n) is 6.93. The maximum absolute atomic E-state index is 12.8. The second-order valence-corrected chi connectivity index (χ2v) is 6.93. The number of epoxide rings is 1. The topological polar surface area (TPSA) is 76.1 Å². The molecule has 0 bridgehead atoms. The Morgan fingerprint density at radius 3 is 2.57 bits per heavy atom. The first kappa shape index (κ1) is 14.3. The standard InChI is InChI=1S/C16H20O5/c1-7(2)11(17)10-12(18)8(3)14-16(13(10)19)9(20-16)6-15(4,5)21-14/h7,9,18H,6H2,1-5H3. The van der Waals surface area contributed by atoms with Crippen molar-refractivity contribution in [1.29, 1.82) is 0 Å². The van der Waals surface area contributed by atoms with Crippen LogP contribution in [-0.4, -0.2) is 34.0 Å². The molecular weight excluding hydrogens is 272 g/mol. The summed E-state index contributed by atoms with van der Waals surface area (Å²) in [5.41, 5.74) is -1.35. The molecule has 0 aromatic carbocycles. The molecule has 0 radical (unpaired) electrons. The summed E-state index contributed by atoms with van der Waals surface area (Å²) >= 11 is 0. The summed E-state index contributed by atoms with van der Waals surface area (Å²) in [4.78, 5) is 25.0. The lowest BCUT2D eigenvalue weighted by molar-refractivity contribution is -0.127. The normalized spacial score (nSPS) is 33.6. The van der Waals surface area contributed by atoms with Crippen molar-refractivity contribution in [2.75, 3.05) is 0 Å². The molecule has 2 unspecified atom stereocenters. The van der Waals surface area contributed by atoms with Crippen molar-refractivity contribution in [1.82, 2.24) is 0 Å². The van der Waals surface area contributed by atoms with Crippen LogP contribution < -0.4 is 0 Å². The Kier molecular flexibility index (Phi) is 2.71. The third kappa shape index (κ3) is 1.73. The number of hydrogen-bond acceptors (Lipinski definition) is 5. The van der Waals surface area contributed by atoms with Crippen molar-refractivity contribution in [2.24, 2.45) is 5.92 Å². The van der Waals surface area contributed by atoms with E-state index in [2.05, 4.69) is 0 Å². The summed E-state index contributed by atoms with van der Waals surface area (Å²) in [5, 5.41) is 10.3. The summed E-state index contributed by atoms with van der Waals surface area (Å²) in [6.07, 6.45) is 0.307. The van der Waals surface area contributed by atoms with Gasteiger partial charge < -0.3 is 14.6 Å². The van der Waals surface area contributed by atoms with E-state index in [1.54, 1.807) is 20.8 Å². The summed E-state index contributed by atoms with van der Waals surface area (Å²) in [7, 11) is 0. The van der Waals surface area contributed by atoms with Crippen molar-refractivity contribution in [3.05, 3.63) is 22.7 Å². The number of ketones is 2. The Morgan fingerprint density at radius 2 is 2.00 bits per heavy atom. The summed E-state index contributed by atoms with van der Waals surface area (Å²) < 4.78 is 11.6. The molecule has 5 nitrogen and oxygen atoms in total. The van der Waals surface area contributed by atoms with Crippen LogP contribution in [0.25, 0.3) is 0 Å². The molecule has 2 saturated heterocycles. The fourth-order valence-corrected chi connectivity index (χ4v) is 3.18. The number of carbonyl (C=O) groups excluding carboxylic acids is 2. The zero-order valence-corrected chi connectivity index (χ0v) is 12.9. The van der Waals surface area contributed by atoms with Crippen LogP contribution in [0.3, 0.4) is 0 Å². The number of carbonyl (C=O) groups is 2. The molecule has 1 N–H and O–H groups in total. The molecule has 3 rings (SSSR count). The molecule has 21 heavy (non-hydrogen) atoms. The highest BCUT2D eigenvalue weighted by Gasteiger charge is 2.73.